The first-order valence-electron chi connectivity index (χ1n) is 10.5. The number of allylic oxidation sites excluding steroid dienone is 1. The molecule has 1 amide bonds. The minimum Gasteiger partial charge on any atom is -0.271 e. The zero-order valence-electron chi connectivity index (χ0n) is 17.4. The van der Waals surface area contributed by atoms with Gasteiger partial charge in [-0.25, -0.2) is 5.01 Å². The quantitative estimate of drug-likeness (QED) is 0.445. The van der Waals surface area contributed by atoms with Crippen LogP contribution in [0.4, 0.5) is 0 Å². The van der Waals surface area contributed by atoms with Crippen LogP contribution in [0.3, 0.4) is 0 Å². The van der Waals surface area contributed by atoms with Gasteiger partial charge < -0.3 is 0 Å². The third kappa shape index (κ3) is 3.79. The van der Waals surface area contributed by atoms with E-state index in [1.165, 1.54) is 10.5 Å². The van der Waals surface area contributed by atoms with Crippen molar-refractivity contribution in [3.05, 3.63) is 67.3 Å². The van der Waals surface area contributed by atoms with Crippen molar-refractivity contribution in [1.82, 2.24) is 14.8 Å². The van der Waals surface area contributed by atoms with E-state index in [4.69, 9.17) is 16.7 Å². The highest BCUT2D eigenvalue weighted by molar-refractivity contribution is 7.11. The normalized spacial score (nSPS) is 24.5. The van der Waals surface area contributed by atoms with E-state index in [0.717, 1.165) is 23.4 Å². The van der Waals surface area contributed by atoms with Crippen LogP contribution in [-0.4, -0.2) is 26.4 Å². The standard InChI is InChI=1S/C23H23ClN4OS2/c1-3-27-13-18(24)21(25-27)23(29)28-22(19-7-5-9-31-19)17-11-14(2)10-15(20(17)26-28)12-16-6-4-8-30-16/h4-9,12-14,17,22H,3,10-11H2,1-2H3/b15-12+/t14-,17-,22-/m1/s1. The Hall–Kier alpha value is -2.22. The number of rotatable bonds is 4. The number of fused-ring (bicyclic) bond motifs is 1. The van der Waals surface area contributed by atoms with Crippen LogP contribution in [0.1, 0.15) is 53.0 Å². The van der Waals surface area contributed by atoms with Crippen LogP contribution in [0.25, 0.3) is 6.08 Å². The number of nitrogens with zero attached hydrogens (tertiary/aromatic N) is 4. The summed E-state index contributed by atoms with van der Waals surface area (Å²) >= 11 is 9.77. The summed E-state index contributed by atoms with van der Waals surface area (Å²) < 4.78 is 1.69. The summed E-state index contributed by atoms with van der Waals surface area (Å²) in [5.74, 6) is 0.459. The number of carbonyl (C=O) groups is 1. The fraction of sp³-hybridized carbons (Fsp3) is 0.348. The van der Waals surface area contributed by atoms with Gasteiger partial charge in [-0.3, -0.25) is 9.48 Å². The minimum absolute atomic E-state index is 0.125. The molecule has 0 radical (unpaired) electrons. The Bertz CT molecular complexity index is 1150. The van der Waals surface area contributed by atoms with Gasteiger partial charge in [-0.1, -0.05) is 30.7 Å². The van der Waals surface area contributed by atoms with Gasteiger partial charge in [0.15, 0.2) is 5.69 Å². The first-order valence-corrected chi connectivity index (χ1v) is 12.6. The maximum Gasteiger partial charge on any atom is 0.296 e. The Kier molecular flexibility index (Phi) is 5.58. The van der Waals surface area contributed by atoms with Gasteiger partial charge in [-0.15, -0.1) is 22.7 Å². The molecule has 0 spiro atoms. The molecule has 0 unspecified atom stereocenters. The summed E-state index contributed by atoms with van der Waals surface area (Å²) in [7, 11) is 0. The molecule has 1 fully saturated rings. The summed E-state index contributed by atoms with van der Waals surface area (Å²) in [6.45, 7) is 4.91. The van der Waals surface area contributed by atoms with Crippen molar-refractivity contribution in [1.29, 1.82) is 0 Å². The fourth-order valence-electron chi connectivity index (χ4n) is 4.55. The molecule has 1 aliphatic heterocycles. The summed E-state index contributed by atoms with van der Waals surface area (Å²) in [5.41, 5.74) is 2.53. The first kappa shape index (κ1) is 20.7. The van der Waals surface area contributed by atoms with E-state index in [1.54, 1.807) is 38.6 Å². The molecule has 0 saturated heterocycles. The third-order valence-corrected chi connectivity index (χ3v) is 7.95. The first-order chi connectivity index (χ1) is 15.0. The lowest BCUT2D eigenvalue weighted by Crippen LogP contribution is -2.33. The van der Waals surface area contributed by atoms with Gasteiger partial charge in [0.1, 0.15) is 0 Å². The van der Waals surface area contributed by atoms with E-state index >= 15 is 0 Å². The van der Waals surface area contributed by atoms with Gasteiger partial charge in [-0.2, -0.15) is 10.2 Å². The summed E-state index contributed by atoms with van der Waals surface area (Å²) in [4.78, 5) is 16.0. The van der Waals surface area contributed by atoms with E-state index in [9.17, 15) is 4.79 Å². The molecule has 1 aliphatic carbocycles. The molecule has 3 atom stereocenters. The zero-order valence-corrected chi connectivity index (χ0v) is 19.8. The average Bonchev–Trinajstić information content (AvgIpc) is 3.53. The van der Waals surface area contributed by atoms with E-state index in [0.29, 0.717) is 17.5 Å². The van der Waals surface area contributed by atoms with Crippen LogP contribution in [0.5, 0.6) is 0 Å². The number of hydrazone groups is 1. The molecule has 8 heteroatoms. The second-order valence-electron chi connectivity index (χ2n) is 8.11. The second kappa shape index (κ2) is 8.37. The van der Waals surface area contributed by atoms with Crippen LogP contribution in [0, 0.1) is 11.8 Å². The molecule has 0 N–H and O–H groups in total. The number of hydrogen-bond acceptors (Lipinski definition) is 5. The van der Waals surface area contributed by atoms with Crippen molar-refractivity contribution in [2.45, 2.75) is 39.3 Å². The van der Waals surface area contributed by atoms with Crippen molar-refractivity contribution in [2.24, 2.45) is 16.9 Å². The molecule has 0 aromatic carbocycles. The van der Waals surface area contributed by atoms with E-state index in [-0.39, 0.29) is 23.6 Å². The van der Waals surface area contributed by atoms with Crippen LogP contribution < -0.4 is 0 Å². The predicted molar refractivity (Wildman–Crippen MR) is 128 cm³/mol. The van der Waals surface area contributed by atoms with Crippen LogP contribution in [0.2, 0.25) is 5.02 Å². The van der Waals surface area contributed by atoms with Gasteiger partial charge in [0, 0.05) is 28.4 Å². The highest BCUT2D eigenvalue weighted by atomic mass is 35.5. The Balaban J connectivity index is 1.59. The Labute approximate surface area is 194 Å². The Morgan fingerprint density at radius 1 is 1.29 bits per heavy atom. The molecule has 31 heavy (non-hydrogen) atoms. The molecule has 3 aromatic heterocycles. The average molecular weight is 471 g/mol. The van der Waals surface area contributed by atoms with Crippen LogP contribution in [-0.2, 0) is 6.54 Å². The molecule has 5 nitrogen and oxygen atoms in total. The minimum atomic E-state index is -0.236. The number of halogens is 1. The Morgan fingerprint density at radius 2 is 2.10 bits per heavy atom. The summed E-state index contributed by atoms with van der Waals surface area (Å²) in [6.07, 6.45) is 5.92. The lowest BCUT2D eigenvalue weighted by Gasteiger charge is -2.31. The molecule has 2 aliphatic rings. The SMILES string of the molecule is CCn1cc(Cl)c(C(=O)N2N=C3/C(=C/c4cccs4)C[C@@H](C)C[C@H]3[C@@H]2c2cccs2)n1. The molecular weight excluding hydrogens is 448 g/mol. The number of carbonyl (C=O) groups excluding carboxylic acids is 1. The maximum atomic E-state index is 13.6. The molecule has 3 aromatic rings. The summed E-state index contributed by atoms with van der Waals surface area (Å²) in [6, 6.07) is 8.20. The molecule has 4 heterocycles. The number of aryl methyl sites for hydroxylation is 1. The molecule has 160 valence electrons. The van der Waals surface area contributed by atoms with Crippen LogP contribution in [0.15, 0.2) is 51.9 Å². The van der Waals surface area contributed by atoms with Crippen molar-refractivity contribution in [2.75, 3.05) is 0 Å². The highest BCUT2D eigenvalue weighted by Gasteiger charge is 2.46. The van der Waals surface area contributed by atoms with Gasteiger partial charge in [-0.05, 0) is 60.2 Å². The second-order valence-corrected chi connectivity index (χ2v) is 10.5. The monoisotopic (exact) mass is 470 g/mol. The number of amides is 1. The maximum absolute atomic E-state index is 13.6. The van der Waals surface area contributed by atoms with Gasteiger partial charge in [0.05, 0.1) is 16.8 Å². The van der Waals surface area contributed by atoms with Gasteiger partial charge >= 0.3 is 0 Å². The number of thiophene rings is 2. The lowest BCUT2D eigenvalue weighted by atomic mass is 9.74. The van der Waals surface area contributed by atoms with E-state index in [2.05, 4.69) is 47.1 Å². The zero-order chi connectivity index (χ0) is 21.5. The lowest BCUT2D eigenvalue weighted by molar-refractivity contribution is 0.0673. The molecule has 1 saturated carbocycles. The van der Waals surface area contributed by atoms with Gasteiger partial charge in [0.25, 0.3) is 5.91 Å². The highest BCUT2D eigenvalue weighted by Crippen LogP contribution is 2.47. The number of aromatic nitrogens is 2. The van der Waals surface area contributed by atoms with Crippen LogP contribution >= 0.6 is 34.3 Å². The fourth-order valence-corrected chi connectivity index (χ4v) is 6.34. The third-order valence-electron chi connectivity index (χ3n) is 5.91. The van der Waals surface area contributed by atoms with E-state index in [1.807, 2.05) is 13.0 Å². The van der Waals surface area contributed by atoms with Crippen molar-refractivity contribution >= 4 is 52.0 Å². The van der Waals surface area contributed by atoms with E-state index < -0.39 is 0 Å². The van der Waals surface area contributed by atoms with Crippen molar-refractivity contribution < 1.29 is 4.79 Å². The largest absolute Gasteiger partial charge is 0.296 e. The van der Waals surface area contributed by atoms with Crippen molar-refractivity contribution in [3.8, 4) is 0 Å². The summed E-state index contributed by atoms with van der Waals surface area (Å²) in [5, 5.41) is 15.5. The number of hydrogen-bond donors (Lipinski definition) is 0. The smallest absolute Gasteiger partial charge is 0.271 e. The predicted octanol–water partition coefficient (Wildman–Crippen LogP) is 6.36. The van der Waals surface area contributed by atoms with Gasteiger partial charge in [0.2, 0.25) is 0 Å². The Morgan fingerprint density at radius 3 is 2.77 bits per heavy atom. The molecule has 5 rings (SSSR count). The van der Waals surface area contributed by atoms with Crippen molar-refractivity contribution in [3.63, 3.8) is 0 Å². The molecular formula is C23H23ClN4OS2. The molecule has 0 bridgehead atoms. The topological polar surface area (TPSA) is 50.5 Å².